The van der Waals surface area contributed by atoms with E-state index in [1.807, 2.05) is 0 Å². The summed E-state index contributed by atoms with van der Waals surface area (Å²) in [4.78, 5) is -1.27. The molecule has 0 radical (unpaired) electrons. The highest BCUT2D eigenvalue weighted by Gasteiger charge is 2.36. The van der Waals surface area contributed by atoms with Crippen LogP contribution >= 0.6 is 0 Å². The Labute approximate surface area is 210 Å². The third kappa shape index (κ3) is 11.2. The van der Waals surface area contributed by atoms with Gasteiger partial charge in [0.15, 0.2) is 11.5 Å². The topological polar surface area (TPSA) is 105 Å². The lowest BCUT2D eigenvalue weighted by atomic mass is 10.2. The molecule has 0 N–H and O–H groups in total. The van der Waals surface area contributed by atoms with E-state index in [9.17, 15) is 43.2 Å². The Morgan fingerprint density at radius 1 is 0.649 bits per heavy atom. The maximum atomic E-state index is 12.2. The average molecular weight is 583 g/mol. The van der Waals surface area contributed by atoms with Gasteiger partial charge in [0.1, 0.15) is 9.79 Å². The summed E-state index contributed by atoms with van der Waals surface area (Å²) in [5.74, 6) is -1.61. The monoisotopic (exact) mass is 582 g/mol. The molecule has 2 aromatic carbocycles. The summed E-state index contributed by atoms with van der Waals surface area (Å²) in [7, 11) is -8.61. The lowest BCUT2D eigenvalue weighted by Crippen LogP contribution is -2.21. The molecule has 0 spiro atoms. The van der Waals surface area contributed by atoms with Crippen LogP contribution in [0.3, 0.4) is 0 Å². The van der Waals surface area contributed by atoms with E-state index in [2.05, 4.69) is 17.8 Å². The fourth-order valence-corrected chi connectivity index (χ4v) is 5.26. The highest BCUT2D eigenvalue weighted by Crippen LogP contribution is 2.33. The Morgan fingerprint density at radius 2 is 1.08 bits per heavy atom. The number of ether oxygens (including phenoxy) is 2. The number of benzene rings is 2. The fourth-order valence-electron chi connectivity index (χ4n) is 2.62. The van der Waals surface area contributed by atoms with Crippen LogP contribution in [-0.4, -0.2) is 41.8 Å². The molecule has 0 aliphatic carbocycles. The molecule has 0 fully saturated rings. The molecule has 37 heavy (non-hydrogen) atoms. The third-order valence-corrected chi connectivity index (χ3v) is 6.81. The van der Waals surface area contributed by atoms with Gasteiger partial charge in [0.2, 0.25) is 0 Å². The fraction of sp³-hybridized carbons (Fsp3) is 0.429. The smallest absolute Gasteiger partial charge is 0.404 e. The molecule has 2 rings (SSSR count). The second-order valence-electron chi connectivity index (χ2n) is 7.64. The van der Waals surface area contributed by atoms with Gasteiger partial charge in [-0.05, 0) is 58.4 Å². The van der Waals surface area contributed by atoms with Gasteiger partial charge in [-0.2, -0.15) is 16.8 Å². The minimum Gasteiger partial charge on any atom is -0.404 e. The van der Waals surface area contributed by atoms with E-state index in [-0.39, 0.29) is 5.56 Å². The van der Waals surface area contributed by atoms with Crippen LogP contribution in [-0.2, 0) is 28.6 Å². The van der Waals surface area contributed by atoms with E-state index < -0.39 is 66.5 Å². The van der Waals surface area contributed by atoms with Crippen LogP contribution in [0.1, 0.15) is 33.3 Å². The molecular formula is C21H24F6O8S2. The van der Waals surface area contributed by atoms with Crippen molar-refractivity contribution in [3.63, 3.8) is 0 Å². The molecule has 0 saturated heterocycles. The van der Waals surface area contributed by atoms with E-state index in [1.165, 1.54) is 58.9 Å². The number of rotatable bonds is 8. The molecule has 0 saturated carbocycles. The first-order chi connectivity index (χ1) is 16.6. The maximum absolute atomic E-state index is 12.2. The number of halogens is 6. The normalized spacial score (nSPS) is 12.8. The van der Waals surface area contributed by atoms with Crippen molar-refractivity contribution >= 4 is 20.2 Å². The second kappa shape index (κ2) is 12.3. The van der Waals surface area contributed by atoms with Gasteiger partial charge in [-0.25, -0.2) is 0 Å². The lowest BCUT2D eigenvalue weighted by molar-refractivity contribution is -0.276. The minimum atomic E-state index is -4.98. The molecule has 0 bridgehead atoms. The summed E-state index contributed by atoms with van der Waals surface area (Å²) in [6, 6.07) is 7.96. The Bertz CT molecular complexity index is 1250. The van der Waals surface area contributed by atoms with Crippen LogP contribution in [0.4, 0.5) is 26.3 Å². The number of hydrogen-bond acceptors (Lipinski definition) is 8. The molecule has 16 heteroatoms. The molecule has 0 amide bonds. The first-order valence-electron chi connectivity index (χ1n) is 10.2. The van der Waals surface area contributed by atoms with Gasteiger partial charge in [0.05, 0.1) is 12.2 Å². The molecule has 210 valence electrons. The summed E-state index contributed by atoms with van der Waals surface area (Å²) in [5, 5.41) is 0. The molecule has 8 nitrogen and oxygen atoms in total. The summed E-state index contributed by atoms with van der Waals surface area (Å²) in [6.45, 7) is 7.18. The molecule has 0 atom stereocenters. The van der Waals surface area contributed by atoms with Gasteiger partial charge >= 0.3 is 33.0 Å². The van der Waals surface area contributed by atoms with Crippen molar-refractivity contribution in [2.24, 2.45) is 0 Å². The highest BCUT2D eigenvalue weighted by molar-refractivity contribution is 7.87. The van der Waals surface area contributed by atoms with E-state index >= 15 is 0 Å². The van der Waals surface area contributed by atoms with Crippen LogP contribution in [0.5, 0.6) is 11.5 Å². The zero-order valence-corrected chi connectivity index (χ0v) is 21.7. The molecule has 2 aromatic rings. The quantitative estimate of drug-likeness (QED) is 0.288. The van der Waals surface area contributed by atoms with Crippen LogP contribution < -0.4 is 9.47 Å². The van der Waals surface area contributed by atoms with Gasteiger partial charge < -0.3 is 9.47 Å². The summed E-state index contributed by atoms with van der Waals surface area (Å²) in [5.41, 5.74) is 0.113. The van der Waals surface area contributed by atoms with Gasteiger partial charge in [-0.1, -0.05) is 24.3 Å². The van der Waals surface area contributed by atoms with Gasteiger partial charge in [0, 0.05) is 0 Å². The van der Waals surface area contributed by atoms with Crippen LogP contribution in [0.2, 0.25) is 0 Å². The summed E-state index contributed by atoms with van der Waals surface area (Å²) in [6.07, 6.45) is -11.3. The molecule has 0 heterocycles. The Hall–Kier alpha value is -2.56. The number of para-hydroxylation sites is 1. The van der Waals surface area contributed by atoms with E-state index in [0.717, 1.165) is 18.2 Å². The zero-order chi connectivity index (χ0) is 28.8. The first-order valence-corrected chi connectivity index (χ1v) is 13.0. The van der Waals surface area contributed by atoms with Gasteiger partial charge in [0.25, 0.3) is 0 Å². The predicted molar refractivity (Wildman–Crippen MR) is 118 cm³/mol. The van der Waals surface area contributed by atoms with Crippen molar-refractivity contribution in [1.82, 2.24) is 0 Å². The van der Waals surface area contributed by atoms with Crippen molar-refractivity contribution in [1.29, 1.82) is 0 Å². The van der Waals surface area contributed by atoms with E-state index in [0.29, 0.717) is 0 Å². The van der Waals surface area contributed by atoms with Crippen molar-refractivity contribution in [3.05, 3.63) is 48.0 Å². The van der Waals surface area contributed by atoms with E-state index in [1.54, 1.807) is 0 Å². The summed E-state index contributed by atoms with van der Waals surface area (Å²) >= 11 is 0. The number of aryl methyl sites for hydroxylation is 1. The van der Waals surface area contributed by atoms with Crippen LogP contribution in [0.25, 0.3) is 0 Å². The Kier molecular flexibility index (Phi) is 10.8. The lowest BCUT2D eigenvalue weighted by Gasteiger charge is -2.16. The largest absolute Gasteiger partial charge is 0.573 e. The molecule has 0 aliphatic rings. The summed E-state index contributed by atoms with van der Waals surface area (Å²) < 4.78 is 137. The van der Waals surface area contributed by atoms with Crippen molar-refractivity contribution in [2.75, 3.05) is 0 Å². The molecular weight excluding hydrogens is 558 g/mol. The average Bonchev–Trinajstić information content (AvgIpc) is 2.64. The standard InChI is InChI=1S/C11H13F3O4S.C10H11F3O4S/c1-7(2)18-19(15,16)10-8(3)5-4-6-9(10)17-11(12,13)14;1-7(2)17-18(14,15)9-6-4-3-5-8(9)16-10(11,12)13/h4-7H,1-3H3;3-7H,1-2H3. The Balaban J connectivity index is 0.000000371. The predicted octanol–water partition coefficient (Wildman–Crippen LogP) is 5.71. The van der Waals surface area contributed by atoms with Crippen molar-refractivity contribution in [2.45, 2.75) is 69.3 Å². The number of alkyl halides is 6. The van der Waals surface area contributed by atoms with Crippen molar-refractivity contribution in [3.8, 4) is 11.5 Å². The highest BCUT2D eigenvalue weighted by atomic mass is 32.2. The van der Waals surface area contributed by atoms with Crippen LogP contribution in [0.15, 0.2) is 52.3 Å². The minimum absolute atomic E-state index is 0.113. The van der Waals surface area contributed by atoms with Gasteiger partial charge in [-0.3, -0.25) is 8.37 Å². The van der Waals surface area contributed by atoms with Gasteiger partial charge in [-0.15, -0.1) is 26.3 Å². The van der Waals surface area contributed by atoms with E-state index in [4.69, 9.17) is 0 Å². The second-order valence-corrected chi connectivity index (χ2v) is 10.7. The molecule has 0 unspecified atom stereocenters. The molecule has 0 aliphatic heterocycles. The Morgan fingerprint density at radius 3 is 1.57 bits per heavy atom. The van der Waals surface area contributed by atoms with Crippen molar-refractivity contribution < 1.29 is 61.0 Å². The zero-order valence-electron chi connectivity index (χ0n) is 20.0. The molecule has 0 aromatic heterocycles. The SMILES string of the molecule is CC(C)OS(=O)(=O)c1ccccc1OC(F)(F)F.Cc1cccc(OC(F)(F)F)c1S(=O)(=O)OC(C)C. The third-order valence-electron chi connectivity index (χ3n) is 3.63. The van der Waals surface area contributed by atoms with Crippen LogP contribution in [0, 0.1) is 6.92 Å². The number of hydrogen-bond donors (Lipinski definition) is 0. The maximum Gasteiger partial charge on any atom is 0.573 e. The first kappa shape index (κ1) is 32.5.